The van der Waals surface area contributed by atoms with Crippen molar-refractivity contribution < 1.29 is 0 Å². The first-order valence-corrected chi connectivity index (χ1v) is 4.69. The first-order valence-electron chi connectivity index (χ1n) is 3.81. The largest absolute Gasteiger partial charge is 0.325 e. The molecule has 0 bridgehead atoms. The lowest BCUT2D eigenvalue weighted by Gasteiger charge is -2.20. The van der Waals surface area contributed by atoms with Crippen molar-refractivity contribution in [2.75, 3.05) is 0 Å². The van der Waals surface area contributed by atoms with E-state index in [0.717, 1.165) is 17.8 Å². The van der Waals surface area contributed by atoms with Crippen LogP contribution in [0.2, 0.25) is 0 Å². The number of rotatable bonds is 3. The van der Waals surface area contributed by atoms with Crippen LogP contribution in [0.15, 0.2) is 11.6 Å². The lowest BCUT2D eigenvalue weighted by molar-refractivity contribution is 0.449. The van der Waals surface area contributed by atoms with Gasteiger partial charge < -0.3 is 5.73 Å². The molecule has 2 nitrogen and oxygen atoms in total. The standard InChI is InChI=1S/C8H14N2S/c1-3-8(2,9)6-7-10-4-5-11-7/h4-5H,3,6,9H2,1-2H3. The first kappa shape index (κ1) is 8.68. The summed E-state index contributed by atoms with van der Waals surface area (Å²) in [7, 11) is 0. The van der Waals surface area contributed by atoms with E-state index in [2.05, 4.69) is 18.8 Å². The molecule has 1 rings (SSSR count). The molecule has 2 N–H and O–H groups in total. The second-order valence-electron chi connectivity index (χ2n) is 3.11. The van der Waals surface area contributed by atoms with Crippen molar-refractivity contribution in [2.24, 2.45) is 5.73 Å². The molecule has 0 aliphatic rings. The van der Waals surface area contributed by atoms with E-state index in [1.54, 1.807) is 11.3 Å². The van der Waals surface area contributed by atoms with Crippen LogP contribution in [0.25, 0.3) is 0 Å². The van der Waals surface area contributed by atoms with Crippen LogP contribution in [-0.2, 0) is 6.42 Å². The number of hydrogen-bond acceptors (Lipinski definition) is 3. The van der Waals surface area contributed by atoms with Gasteiger partial charge in [-0.2, -0.15) is 0 Å². The number of nitrogens with zero attached hydrogens (tertiary/aromatic N) is 1. The molecule has 1 atom stereocenters. The molecule has 1 aromatic heterocycles. The van der Waals surface area contributed by atoms with Gasteiger partial charge in [0.05, 0.1) is 5.01 Å². The van der Waals surface area contributed by atoms with Crippen LogP contribution in [0.3, 0.4) is 0 Å². The van der Waals surface area contributed by atoms with Crippen molar-refractivity contribution in [1.29, 1.82) is 0 Å². The van der Waals surface area contributed by atoms with Gasteiger partial charge in [0.15, 0.2) is 0 Å². The van der Waals surface area contributed by atoms with Crippen LogP contribution in [-0.4, -0.2) is 10.5 Å². The predicted octanol–water partition coefficient (Wildman–Crippen LogP) is 1.81. The average molecular weight is 170 g/mol. The van der Waals surface area contributed by atoms with Gasteiger partial charge in [0, 0.05) is 23.5 Å². The fraction of sp³-hybridized carbons (Fsp3) is 0.625. The van der Waals surface area contributed by atoms with Crippen LogP contribution in [0.5, 0.6) is 0 Å². The summed E-state index contributed by atoms with van der Waals surface area (Å²) < 4.78 is 0. The molecular formula is C8H14N2S. The fourth-order valence-electron chi connectivity index (χ4n) is 0.811. The molecular weight excluding hydrogens is 156 g/mol. The summed E-state index contributed by atoms with van der Waals surface area (Å²) in [6.45, 7) is 4.17. The van der Waals surface area contributed by atoms with Gasteiger partial charge in [0.2, 0.25) is 0 Å². The molecule has 1 aromatic rings. The Hall–Kier alpha value is -0.410. The van der Waals surface area contributed by atoms with E-state index in [0.29, 0.717) is 0 Å². The molecule has 0 saturated heterocycles. The summed E-state index contributed by atoms with van der Waals surface area (Å²) in [6, 6.07) is 0. The maximum atomic E-state index is 5.97. The van der Waals surface area contributed by atoms with Crippen LogP contribution < -0.4 is 5.73 Å². The average Bonchev–Trinajstić information content (AvgIpc) is 2.39. The fourth-order valence-corrected chi connectivity index (χ4v) is 1.62. The van der Waals surface area contributed by atoms with Crippen LogP contribution in [0, 0.1) is 0 Å². The third-order valence-electron chi connectivity index (χ3n) is 1.85. The van der Waals surface area contributed by atoms with Crippen LogP contribution in [0.4, 0.5) is 0 Å². The highest BCUT2D eigenvalue weighted by atomic mass is 32.1. The molecule has 0 spiro atoms. The van der Waals surface area contributed by atoms with E-state index in [1.807, 2.05) is 11.6 Å². The molecule has 0 amide bonds. The summed E-state index contributed by atoms with van der Waals surface area (Å²) >= 11 is 1.67. The first-order chi connectivity index (χ1) is 5.14. The topological polar surface area (TPSA) is 38.9 Å². The van der Waals surface area contributed by atoms with Crippen molar-refractivity contribution >= 4 is 11.3 Å². The van der Waals surface area contributed by atoms with Gasteiger partial charge in [-0.15, -0.1) is 11.3 Å². The van der Waals surface area contributed by atoms with Gasteiger partial charge in [0.1, 0.15) is 0 Å². The third-order valence-corrected chi connectivity index (χ3v) is 2.63. The summed E-state index contributed by atoms with van der Waals surface area (Å²) in [4.78, 5) is 4.19. The van der Waals surface area contributed by atoms with Gasteiger partial charge in [0.25, 0.3) is 0 Å². The van der Waals surface area contributed by atoms with Crippen LogP contribution >= 0.6 is 11.3 Å². The van der Waals surface area contributed by atoms with Gasteiger partial charge in [-0.3, -0.25) is 0 Å². The third kappa shape index (κ3) is 2.60. The molecule has 0 radical (unpaired) electrons. The van der Waals surface area contributed by atoms with Crippen molar-refractivity contribution in [3.05, 3.63) is 16.6 Å². The Kier molecular flexibility index (Phi) is 2.62. The van der Waals surface area contributed by atoms with Gasteiger partial charge in [-0.1, -0.05) is 6.92 Å². The van der Waals surface area contributed by atoms with E-state index >= 15 is 0 Å². The highest BCUT2D eigenvalue weighted by molar-refractivity contribution is 7.09. The van der Waals surface area contributed by atoms with Gasteiger partial charge >= 0.3 is 0 Å². The highest BCUT2D eigenvalue weighted by Gasteiger charge is 2.17. The Morgan fingerprint density at radius 1 is 1.73 bits per heavy atom. The van der Waals surface area contributed by atoms with Crippen molar-refractivity contribution in [3.63, 3.8) is 0 Å². The number of aromatic nitrogens is 1. The monoisotopic (exact) mass is 170 g/mol. The summed E-state index contributed by atoms with van der Waals surface area (Å²) in [5.74, 6) is 0. The number of hydrogen-bond donors (Lipinski definition) is 1. The molecule has 1 heterocycles. The predicted molar refractivity (Wildman–Crippen MR) is 48.7 cm³/mol. The van der Waals surface area contributed by atoms with Crippen molar-refractivity contribution in [2.45, 2.75) is 32.2 Å². The zero-order valence-electron chi connectivity index (χ0n) is 7.00. The molecule has 0 aliphatic heterocycles. The Labute approximate surface area is 71.5 Å². The highest BCUT2D eigenvalue weighted by Crippen LogP contribution is 2.15. The van der Waals surface area contributed by atoms with E-state index in [-0.39, 0.29) is 5.54 Å². The number of thiazole rings is 1. The zero-order valence-corrected chi connectivity index (χ0v) is 7.82. The molecule has 11 heavy (non-hydrogen) atoms. The minimum Gasteiger partial charge on any atom is -0.325 e. The Balaban J connectivity index is 2.56. The van der Waals surface area contributed by atoms with E-state index in [4.69, 9.17) is 5.73 Å². The van der Waals surface area contributed by atoms with Gasteiger partial charge in [-0.25, -0.2) is 4.98 Å². The number of nitrogens with two attached hydrogens (primary N) is 1. The van der Waals surface area contributed by atoms with E-state index in [9.17, 15) is 0 Å². The minimum atomic E-state index is -0.0855. The molecule has 0 aromatic carbocycles. The van der Waals surface area contributed by atoms with Crippen LogP contribution in [0.1, 0.15) is 25.3 Å². The van der Waals surface area contributed by atoms with E-state index < -0.39 is 0 Å². The Bertz CT molecular complexity index is 204. The maximum absolute atomic E-state index is 5.97. The Morgan fingerprint density at radius 3 is 2.91 bits per heavy atom. The smallest absolute Gasteiger partial charge is 0.0943 e. The molecule has 62 valence electrons. The lowest BCUT2D eigenvalue weighted by Crippen LogP contribution is -2.37. The molecule has 0 aliphatic carbocycles. The molecule has 3 heteroatoms. The maximum Gasteiger partial charge on any atom is 0.0943 e. The van der Waals surface area contributed by atoms with E-state index in [1.165, 1.54) is 0 Å². The molecule has 0 saturated carbocycles. The summed E-state index contributed by atoms with van der Waals surface area (Å²) in [5, 5.41) is 3.12. The second-order valence-corrected chi connectivity index (χ2v) is 4.09. The van der Waals surface area contributed by atoms with Gasteiger partial charge in [-0.05, 0) is 13.3 Å². The quantitative estimate of drug-likeness (QED) is 0.751. The molecule has 0 fully saturated rings. The summed E-state index contributed by atoms with van der Waals surface area (Å²) in [5.41, 5.74) is 5.89. The SMILES string of the molecule is CCC(C)(N)Cc1nccs1. The molecule has 1 unspecified atom stereocenters. The zero-order chi connectivity index (χ0) is 8.32. The normalized spacial score (nSPS) is 16.3. The lowest BCUT2D eigenvalue weighted by atomic mass is 9.97. The minimum absolute atomic E-state index is 0.0855. The van der Waals surface area contributed by atoms with Crippen molar-refractivity contribution in [3.8, 4) is 0 Å². The Morgan fingerprint density at radius 2 is 2.45 bits per heavy atom. The second kappa shape index (κ2) is 3.32. The van der Waals surface area contributed by atoms with Crippen molar-refractivity contribution in [1.82, 2.24) is 4.98 Å². The summed E-state index contributed by atoms with van der Waals surface area (Å²) in [6.07, 6.45) is 3.71.